The molecule has 0 bridgehead atoms. The molecule has 88 valence electrons. The maximum atomic E-state index is 5.43. The Morgan fingerprint density at radius 2 is 1.80 bits per heavy atom. The van der Waals surface area contributed by atoms with Crippen LogP contribution in [-0.2, 0) is 11.3 Å². The molecule has 1 rings (SSSR count). The van der Waals surface area contributed by atoms with Crippen LogP contribution in [0.1, 0.15) is 12.0 Å². The Labute approximate surface area is 103 Å². The molecule has 0 aliphatic heterocycles. The Bertz CT molecular complexity index is 222. The van der Waals surface area contributed by atoms with E-state index in [-0.39, 0.29) is 24.8 Å². The number of hydrazine groups is 1. The molecular formula is C10H18Cl2N2O. The maximum Gasteiger partial charge on any atom is 0.0716 e. The molecule has 3 N–H and O–H groups in total. The van der Waals surface area contributed by atoms with Crippen LogP contribution in [0.15, 0.2) is 30.3 Å². The van der Waals surface area contributed by atoms with Gasteiger partial charge in [-0.15, -0.1) is 24.8 Å². The number of benzene rings is 1. The summed E-state index contributed by atoms with van der Waals surface area (Å²) in [4.78, 5) is 0. The summed E-state index contributed by atoms with van der Waals surface area (Å²) in [6.07, 6.45) is 0.948. The van der Waals surface area contributed by atoms with Crippen molar-refractivity contribution in [2.45, 2.75) is 13.0 Å². The molecule has 0 aliphatic carbocycles. The number of nitrogens with two attached hydrogens (primary N) is 1. The van der Waals surface area contributed by atoms with Gasteiger partial charge in [-0.1, -0.05) is 30.3 Å². The molecule has 0 atom stereocenters. The molecule has 3 nitrogen and oxygen atoms in total. The molecule has 0 fully saturated rings. The summed E-state index contributed by atoms with van der Waals surface area (Å²) in [5.41, 5.74) is 3.80. The van der Waals surface area contributed by atoms with Gasteiger partial charge >= 0.3 is 0 Å². The average Bonchev–Trinajstić information content (AvgIpc) is 2.19. The lowest BCUT2D eigenvalue weighted by atomic mass is 10.2. The van der Waals surface area contributed by atoms with Crippen molar-refractivity contribution in [1.82, 2.24) is 5.43 Å². The van der Waals surface area contributed by atoms with Gasteiger partial charge in [-0.3, -0.25) is 11.3 Å². The Morgan fingerprint density at radius 3 is 2.40 bits per heavy atom. The number of hydrogen-bond acceptors (Lipinski definition) is 3. The number of nitrogens with one attached hydrogen (secondary N) is 1. The monoisotopic (exact) mass is 252 g/mol. The Hall–Kier alpha value is -0.320. The molecule has 0 saturated heterocycles. The first-order valence-electron chi connectivity index (χ1n) is 4.48. The predicted octanol–water partition coefficient (Wildman–Crippen LogP) is 1.90. The zero-order valence-electron chi connectivity index (χ0n) is 8.52. The van der Waals surface area contributed by atoms with Crippen LogP contribution >= 0.6 is 24.8 Å². The van der Waals surface area contributed by atoms with Crippen LogP contribution in [0.3, 0.4) is 0 Å². The van der Waals surface area contributed by atoms with Gasteiger partial charge in [-0.05, 0) is 12.0 Å². The fourth-order valence-corrected chi connectivity index (χ4v) is 1.04. The minimum Gasteiger partial charge on any atom is -0.377 e. The van der Waals surface area contributed by atoms with Gasteiger partial charge in [0.05, 0.1) is 6.61 Å². The van der Waals surface area contributed by atoms with Crippen LogP contribution in [0.4, 0.5) is 0 Å². The molecule has 0 spiro atoms. The third-order valence-electron chi connectivity index (χ3n) is 1.72. The van der Waals surface area contributed by atoms with Crippen molar-refractivity contribution in [2.75, 3.05) is 13.2 Å². The summed E-state index contributed by atoms with van der Waals surface area (Å²) >= 11 is 0. The van der Waals surface area contributed by atoms with Crippen molar-refractivity contribution in [2.24, 2.45) is 5.84 Å². The number of rotatable bonds is 6. The minimum absolute atomic E-state index is 0. The first-order chi connectivity index (χ1) is 6.43. The van der Waals surface area contributed by atoms with E-state index in [4.69, 9.17) is 10.6 Å². The van der Waals surface area contributed by atoms with E-state index in [9.17, 15) is 0 Å². The highest BCUT2D eigenvalue weighted by Crippen LogP contribution is 2.00. The van der Waals surface area contributed by atoms with Gasteiger partial charge in [-0.25, -0.2) is 0 Å². The van der Waals surface area contributed by atoms with Crippen LogP contribution in [0.5, 0.6) is 0 Å². The number of halogens is 2. The highest BCUT2D eigenvalue weighted by Gasteiger charge is 1.90. The van der Waals surface area contributed by atoms with E-state index in [1.807, 2.05) is 18.2 Å². The summed E-state index contributed by atoms with van der Waals surface area (Å²) < 4.78 is 5.43. The van der Waals surface area contributed by atoms with Crippen LogP contribution in [0, 0.1) is 0 Å². The number of ether oxygens (including phenoxy) is 1. The van der Waals surface area contributed by atoms with E-state index in [0.717, 1.165) is 19.6 Å². The van der Waals surface area contributed by atoms with Crippen molar-refractivity contribution in [3.63, 3.8) is 0 Å². The first-order valence-corrected chi connectivity index (χ1v) is 4.48. The smallest absolute Gasteiger partial charge is 0.0716 e. The lowest BCUT2D eigenvalue weighted by molar-refractivity contribution is 0.118. The summed E-state index contributed by atoms with van der Waals surface area (Å²) in [5, 5.41) is 0. The van der Waals surface area contributed by atoms with Crippen molar-refractivity contribution in [3.8, 4) is 0 Å². The zero-order valence-corrected chi connectivity index (χ0v) is 10.2. The standard InChI is InChI=1S/C10H16N2O.2ClH/c11-12-7-4-8-13-9-10-5-2-1-3-6-10;;/h1-3,5-6,12H,4,7-9,11H2;2*1H. The van der Waals surface area contributed by atoms with Crippen LogP contribution in [0.25, 0.3) is 0 Å². The highest BCUT2D eigenvalue weighted by molar-refractivity contribution is 5.85. The molecule has 0 amide bonds. The second-order valence-corrected chi connectivity index (χ2v) is 2.85. The molecule has 15 heavy (non-hydrogen) atoms. The quantitative estimate of drug-likeness (QED) is 0.462. The molecule has 0 aromatic heterocycles. The minimum atomic E-state index is 0. The van der Waals surface area contributed by atoms with E-state index in [1.54, 1.807) is 0 Å². The van der Waals surface area contributed by atoms with E-state index in [2.05, 4.69) is 17.6 Å². The fourth-order valence-electron chi connectivity index (χ4n) is 1.04. The lowest BCUT2D eigenvalue weighted by Crippen LogP contribution is -2.23. The number of hydrogen-bond donors (Lipinski definition) is 2. The van der Waals surface area contributed by atoms with E-state index in [0.29, 0.717) is 6.61 Å². The Morgan fingerprint density at radius 1 is 1.13 bits per heavy atom. The van der Waals surface area contributed by atoms with E-state index < -0.39 is 0 Å². The van der Waals surface area contributed by atoms with E-state index >= 15 is 0 Å². The first kappa shape index (κ1) is 17.1. The normalized spacial score (nSPS) is 8.87. The fraction of sp³-hybridized carbons (Fsp3) is 0.400. The SMILES string of the molecule is Cl.Cl.NNCCCOCc1ccccc1. The molecule has 0 aliphatic rings. The summed E-state index contributed by atoms with van der Waals surface area (Å²) in [6, 6.07) is 10.1. The predicted molar refractivity (Wildman–Crippen MR) is 67.4 cm³/mol. The molecule has 0 saturated carbocycles. The largest absolute Gasteiger partial charge is 0.377 e. The second-order valence-electron chi connectivity index (χ2n) is 2.85. The Kier molecular flexibility index (Phi) is 13.4. The maximum absolute atomic E-state index is 5.43. The third-order valence-corrected chi connectivity index (χ3v) is 1.72. The van der Waals surface area contributed by atoms with Gasteiger partial charge in [0.25, 0.3) is 0 Å². The van der Waals surface area contributed by atoms with Crippen molar-refractivity contribution < 1.29 is 4.74 Å². The molecule has 0 radical (unpaired) electrons. The van der Waals surface area contributed by atoms with Crippen LogP contribution in [0.2, 0.25) is 0 Å². The highest BCUT2D eigenvalue weighted by atomic mass is 35.5. The lowest BCUT2D eigenvalue weighted by Gasteiger charge is -2.03. The molecule has 5 heteroatoms. The van der Waals surface area contributed by atoms with Gasteiger partial charge < -0.3 is 4.74 Å². The summed E-state index contributed by atoms with van der Waals surface area (Å²) in [7, 11) is 0. The van der Waals surface area contributed by atoms with Crippen molar-refractivity contribution >= 4 is 24.8 Å². The zero-order chi connectivity index (χ0) is 9.36. The molecular weight excluding hydrogens is 235 g/mol. The van der Waals surface area contributed by atoms with Crippen LogP contribution < -0.4 is 11.3 Å². The van der Waals surface area contributed by atoms with Gasteiger partial charge in [0.1, 0.15) is 0 Å². The second kappa shape index (κ2) is 11.8. The van der Waals surface area contributed by atoms with Gasteiger partial charge in [0.15, 0.2) is 0 Å². The summed E-state index contributed by atoms with van der Waals surface area (Å²) in [6.45, 7) is 2.24. The van der Waals surface area contributed by atoms with Crippen LogP contribution in [-0.4, -0.2) is 13.2 Å². The average molecular weight is 253 g/mol. The molecule has 1 aromatic rings. The van der Waals surface area contributed by atoms with Crippen molar-refractivity contribution in [1.29, 1.82) is 0 Å². The molecule has 0 unspecified atom stereocenters. The molecule has 0 heterocycles. The van der Waals surface area contributed by atoms with Gasteiger partial charge in [0.2, 0.25) is 0 Å². The van der Waals surface area contributed by atoms with Gasteiger partial charge in [-0.2, -0.15) is 0 Å². The Balaban J connectivity index is 0. The summed E-state index contributed by atoms with van der Waals surface area (Å²) in [5.74, 6) is 5.12. The van der Waals surface area contributed by atoms with Gasteiger partial charge in [0, 0.05) is 13.2 Å². The third kappa shape index (κ3) is 8.66. The van der Waals surface area contributed by atoms with Crippen molar-refractivity contribution in [3.05, 3.63) is 35.9 Å². The van der Waals surface area contributed by atoms with E-state index in [1.165, 1.54) is 5.56 Å². The molecule has 1 aromatic carbocycles. The topological polar surface area (TPSA) is 47.3 Å².